The lowest BCUT2D eigenvalue weighted by Gasteiger charge is -2.05. The molecule has 4 nitrogen and oxygen atoms in total. The second-order valence-electron chi connectivity index (χ2n) is 2.90. The molecule has 0 saturated heterocycles. The molecule has 0 atom stereocenters. The standard InChI is InChI=1S/C10H10O4/c1-6-3-4-9(14-7(2)11)8(5-6)10(12)13/h3-5H,1-2H3,(H,12,13). The summed E-state index contributed by atoms with van der Waals surface area (Å²) in [5.41, 5.74) is 0.804. The number of carbonyl (C=O) groups excluding carboxylic acids is 1. The van der Waals surface area contributed by atoms with Gasteiger partial charge in [-0.1, -0.05) is 11.6 Å². The van der Waals surface area contributed by atoms with Crippen LogP contribution in [0.25, 0.3) is 0 Å². The van der Waals surface area contributed by atoms with Gasteiger partial charge in [-0.2, -0.15) is 0 Å². The third-order valence-electron chi connectivity index (χ3n) is 1.62. The van der Waals surface area contributed by atoms with Gasteiger partial charge in [0, 0.05) is 6.92 Å². The van der Waals surface area contributed by atoms with Crippen LogP contribution in [0.2, 0.25) is 0 Å². The molecule has 1 rings (SSSR count). The topological polar surface area (TPSA) is 63.6 Å². The predicted octanol–water partition coefficient (Wildman–Crippen LogP) is 1.62. The third kappa shape index (κ3) is 2.32. The van der Waals surface area contributed by atoms with Gasteiger partial charge in [-0.05, 0) is 19.1 Å². The van der Waals surface area contributed by atoms with Crippen molar-refractivity contribution in [2.24, 2.45) is 0 Å². The molecule has 0 saturated carbocycles. The van der Waals surface area contributed by atoms with E-state index in [-0.39, 0.29) is 11.3 Å². The monoisotopic (exact) mass is 194 g/mol. The van der Waals surface area contributed by atoms with Gasteiger partial charge < -0.3 is 9.84 Å². The summed E-state index contributed by atoms with van der Waals surface area (Å²) in [6, 6.07) is 4.62. The first-order chi connectivity index (χ1) is 6.50. The van der Waals surface area contributed by atoms with Gasteiger partial charge in [-0.15, -0.1) is 0 Å². The Kier molecular flexibility index (Phi) is 2.86. The van der Waals surface area contributed by atoms with E-state index in [1.807, 2.05) is 0 Å². The summed E-state index contributed by atoms with van der Waals surface area (Å²) in [7, 11) is 0. The van der Waals surface area contributed by atoms with E-state index in [1.54, 1.807) is 13.0 Å². The van der Waals surface area contributed by atoms with Crippen LogP contribution in [0.3, 0.4) is 0 Å². The number of carboxylic acid groups (broad SMARTS) is 1. The van der Waals surface area contributed by atoms with E-state index in [1.165, 1.54) is 19.1 Å². The van der Waals surface area contributed by atoms with Crippen LogP contribution in [-0.4, -0.2) is 17.0 Å². The van der Waals surface area contributed by atoms with Crippen LogP contribution in [-0.2, 0) is 4.79 Å². The van der Waals surface area contributed by atoms with Gasteiger partial charge in [0.2, 0.25) is 0 Å². The van der Waals surface area contributed by atoms with Crippen molar-refractivity contribution in [3.05, 3.63) is 29.3 Å². The minimum Gasteiger partial charge on any atom is -0.478 e. The summed E-state index contributed by atoms with van der Waals surface area (Å²) in [4.78, 5) is 21.4. The fourth-order valence-corrected chi connectivity index (χ4v) is 1.05. The van der Waals surface area contributed by atoms with Crippen LogP contribution in [0.1, 0.15) is 22.8 Å². The molecule has 0 unspecified atom stereocenters. The molecule has 0 amide bonds. The van der Waals surface area contributed by atoms with Crippen LogP contribution >= 0.6 is 0 Å². The first-order valence-electron chi connectivity index (χ1n) is 4.03. The summed E-state index contributed by atoms with van der Waals surface area (Å²) in [5, 5.41) is 8.81. The molecular weight excluding hydrogens is 184 g/mol. The van der Waals surface area contributed by atoms with Gasteiger partial charge in [0.05, 0.1) is 0 Å². The zero-order valence-electron chi connectivity index (χ0n) is 7.90. The Morgan fingerprint density at radius 2 is 2.00 bits per heavy atom. The van der Waals surface area contributed by atoms with Crippen molar-refractivity contribution in [2.45, 2.75) is 13.8 Å². The lowest BCUT2D eigenvalue weighted by atomic mass is 10.1. The SMILES string of the molecule is CC(=O)Oc1ccc(C)cc1C(=O)O. The summed E-state index contributed by atoms with van der Waals surface area (Å²) >= 11 is 0. The highest BCUT2D eigenvalue weighted by atomic mass is 16.5. The average Bonchev–Trinajstić information content (AvgIpc) is 2.07. The minimum atomic E-state index is -1.11. The molecule has 0 fully saturated rings. The van der Waals surface area contributed by atoms with Gasteiger partial charge in [-0.25, -0.2) is 4.79 Å². The molecule has 1 aromatic carbocycles. The van der Waals surface area contributed by atoms with E-state index in [0.29, 0.717) is 0 Å². The van der Waals surface area contributed by atoms with Crippen molar-refractivity contribution in [3.8, 4) is 5.75 Å². The zero-order chi connectivity index (χ0) is 10.7. The Morgan fingerprint density at radius 3 is 2.50 bits per heavy atom. The Labute approximate surface area is 81.1 Å². The maximum atomic E-state index is 10.8. The van der Waals surface area contributed by atoms with Crippen molar-refractivity contribution in [1.29, 1.82) is 0 Å². The number of esters is 1. The number of aromatic carboxylic acids is 1. The molecule has 0 bridgehead atoms. The maximum absolute atomic E-state index is 10.8. The molecule has 0 spiro atoms. The van der Waals surface area contributed by atoms with Crippen LogP contribution in [0.15, 0.2) is 18.2 Å². The van der Waals surface area contributed by atoms with Crippen LogP contribution in [0.4, 0.5) is 0 Å². The van der Waals surface area contributed by atoms with Crippen molar-refractivity contribution >= 4 is 11.9 Å². The van der Waals surface area contributed by atoms with Gasteiger partial charge in [-0.3, -0.25) is 4.79 Å². The zero-order valence-corrected chi connectivity index (χ0v) is 7.90. The summed E-state index contributed by atoms with van der Waals surface area (Å²) in [6.07, 6.45) is 0. The quantitative estimate of drug-likeness (QED) is 0.574. The fraction of sp³-hybridized carbons (Fsp3) is 0.200. The fourth-order valence-electron chi connectivity index (χ4n) is 1.05. The lowest BCUT2D eigenvalue weighted by Crippen LogP contribution is -2.07. The lowest BCUT2D eigenvalue weighted by molar-refractivity contribution is -0.131. The van der Waals surface area contributed by atoms with Crippen LogP contribution < -0.4 is 4.74 Å². The molecule has 0 aliphatic heterocycles. The van der Waals surface area contributed by atoms with E-state index in [0.717, 1.165) is 5.56 Å². The third-order valence-corrected chi connectivity index (χ3v) is 1.62. The summed E-state index contributed by atoms with van der Waals surface area (Å²) in [5.74, 6) is -1.56. The number of benzene rings is 1. The number of carboxylic acids is 1. The number of ether oxygens (including phenoxy) is 1. The number of rotatable bonds is 2. The van der Waals surface area contributed by atoms with E-state index >= 15 is 0 Å². The second-order valence-corrected chi connectivity index (χ2v) is 2.90. The number of aryl methyl sites for hydroxylation is 1. The smallest absolute Gasteiger partial charge is 0.339 e. The Balaban J connectivity index is 3.14. The maximum Gasteiger partial charge on any atom is 0.339 e. The number of hydrogen-bond acceptors (Lipinski definition) is 3. The molecule has 1 N–H and O–H groups in total. The number of carbonyl (C=O) groups is 2. The molecule has 14 heavy (non-hydrogen) atoms. The molecule has 0 radical (unpaired) electrons. The van der Waals surface area contributed by atoms with Crippen molar-refractivity contribution in [2.75, 3.05) is 0 Å². The summed E-state index contributed by atoms with van der Waals surface area (Å²) < 4.78 is 4.74. The van der Waals surface area contributed by atoms with Gasteiger partial charge >= 0.3 is 11.9 Å². The Morgan fingerprint density at radius 1 is 1.36 bits per heavy atom. The summed E-state index contributed by atoms with van der Waals surface area (Å²) in [6.45, 7) is 3.00. The Bertz CT molecular complexity index is 382. The van der Waals surface area contributed by atoms with E-state index in [9.17, 15) is 9.59 Å². The first kappa shape index (κ1) is 10.2. The molecule has 74 valence electrons. The largest absolute Gasteiger partial charge is 0.478 e. The molecule has 1 aromatic rings. The van der Waals surface area contributed by atoms with Crippen molar-refractivity contribution in [1.82, 2.24) is 0 Å². The normalized spacial score (nSPS) is 9.57. The Hall–Kier alpha value is -1.84. The highest BCUT2D eigenvalue weighted by Gasteiger charge is 2.12. The molecule has 4 heteroatoms. The van der Waals surface area contributed by atoms with Crippen LogP contribution in [0, 0.1) is 6.92 Å². The minimum absolute atomic E-state index is 0.000185. The van der Waals surface area contributed by atoms with E-state index in [2.05, 4.69) is 0 Å². The molecule has 0 heterocycles. The second kappa shape index (κ2) is 3.91. The molecule has 0 aliphatic rings. The van der Waals surface area contributed by atoms with Crippen LogP contribution in [0.5, 0.6) is 5.75 Å². The highest BCUT2D eigenvalue weighted by Crippen LogP contribution is 2.19. The van der Waals surface area contributed by atoms with Crippen molar-refractivity contribution in [3.63, 3.8) is 0 Å². The van der Waals surface area contributed by atoms with Gasteiger partial charge in [0.1, 0.15) is 11.3 Å². The predicted molar refractivity (Wildman–Crippen MR) is 49.4 cm³/mol. The van der Waals surface area contributed by atoms with Crippen molar-refractivity contribution < 1.29 is 19.4 Å². The van der Waals surface area contributed by atoms with E-state index < -0.39 is 11.9 Å². The molecule has 0 aliphatic carbocycles. The first-order valence-corrected chi connectivity index (χ1v) is 4.03. The highest BCUT2D eigenvalue weighted by molar-refractivity contribution is 5.92. The number of hydrogen-bond donors (Lipinski definition) is 1. The molecule has 0 aromatic heterocycles. The molecular formula is C10H10O4. The van der Waals surface area contributed by atoms with E-state index in [4.69, 9.17) is 9.84 Å². The van der Waals surface area contributed by atoms with Gasteiger partial charge in [0.25, 0.3) is 0 Å². The van der Waals surface area contributed by atoms with Gasteiger partial charge in [0.15, 0.2) is 0 Å². The average molecular weight is 194 g/mol.